The zero-order chi connectivity index (χ0) is 16.6. The number of fused-ring (bicyclic) bond motifs is 1. The molecule has 0 radical (unpaired) electrons. The van der Waals surface area contributed by atoms with Crippen LogP contribution in [0.25, 0.3) is 0 Å². The Balaban J connectivity index is 0.00000116. The number of nitrogens with one attached hydrogen (secondary N) is 1. The fourth-order valence-corrected chi connectivity index (χ4v) is 3.03. The molecule has 1 unspecified atom stereocenters. The zero-order valence-electron chi connectivity index (χ0n) is 13.9. The molecule has 3 N–H and O–H groups in total. The second-order valence-corrected chi connectivity index (χ2v) is 7.60. The zero-order valence-corrected chi connectivity index (χ0v) is 16.1. The Morgan fingerprint density at radius 2 is 2.05 bits per heavy atom. The monoisotopic (exact) mass is 418 g/mol. The lowest BCUT2D eigenvalue weighted by atomic mass is 10.1. The van der Waals surface area contributed by atoms with Crippen LogP contribution in [-0.4, -0.2) is 17.4 Å². The van der Waals surface area contributed by atoms with Crippen molar-refractivity contribution in [2.24, 2.45) is 5.73 Å². The normalized spacial score (nSPS) is 15.8. The third kappa shape index (κ3) is 6.14. The number of hydrogen-bond acceptors (Lipinski definition) is 4. The Morgan fingerprint density at radius 1 is 1.36 bits per heavy atom. The van der Waals surface area contributed by atoms with Gasteiger partial charge in [-0.1, -0.05) is 53.7 Å². The standard InChI is InChI=1S/C16H22INO2.CH5N/c1-4-5-12(2)9-16(3,17)18-10-13-6-7-14-15(8-13)20-11-19-14;1-2/h6-9,18H,4-5,10-11H2,1-3H3;2H2,1H3/b12-9+;. The van der Waals surface area contributed by atoms with E-state index >= 15 is 0 Å². The summed E-state index contributed by atoms with van der Waals surface area (Å²) in [6.07, 6.45) is 4.66. The fourth-order valence-electron chi connectivity index (χ4n) is 2.31. The summed E-state index contributed by atoms with van der Waals surface area (Å²) < 4.78 is 10.7. The van der Waals surface area contributed by atoms with Crippen molar-refractivity contribution < 1.29 is 9.47 Å². The molecule has 4 nitrogen and oxygen atoms in total. The fraction of sp³-hybridized carbons (Fsp3) is 0.529. The highest BCUT2D eigenvalue weighted by Crippen LogP contribution is 2.32. The molecule has 1 aromatic rings. The lowest BCUT2D eigenvalue weighted by Gasteiger charge is -2.22. The van der Waals surface area contributed by atoms with E-state index in [1.807, 2.05) is 12.1 Å². The minimum atomic E-state index is -0.0343. The molecule has 22 heavy (non-hydrogen) atoms. The molecular formula is C17H27IN2O2. The number of allylic oxidation sites excluding steroid dienone is 1. The molecule has 124 valence electrons. The van der Waals surface area contributed by atoms with Crippen molar-refractivity contribution >= 4 is 22.6 Å². The van der Waals surface area contributed by atoms with Gasteiger partial charge in [0, 0.05) is 6.54 Å². The highest BCUT2D eigenvalue weighted by Gasteiger charge is 2.17. The summed E-state index contributed by atoms with van der Waals surface area (Å²) in [7, 11) is 1.50. The molecule has 0 aromatic heterocycles. The topological polar surface area (TPSA) is 56.5 Å². The molecule has 0 spiro atoms. The smallest absolute Gasteiger partial charge is 0.231 e. The second-order valence-electron chi connectivity index (χ2n) is 5.36. The van der Waals surface area contributed by atoms with Gasteiger partial charge in [0.2, 0.25) is 6.79 Å². The van der Waals surface area contributed by atoms with Crippen molar-refractivity contribution in [3.05, 3.63) is 35.4 Å². The van der Waals surface area contributed by atoms with Crippen LogP contribution < -0.4 is 20.5 Å². The van der Waals surface area contributed by atoms with Gasteiger partial charge in [-0.15, -0.1) is 0 Å². The Hall–Kier alpha value is -0.790. The van der Waals surface area contributed by atoms with Crippen LogP contribution in [0, 0.1) is 0 Å². The number of benzene rings is 1. The maximum Gasteiger partial charge on any atom is 0.231 e. The summed E-state index contributed by atoms with van der Waals surface area (Å²) in [5.74, 6) is 1.68. The average Bonchev–Trinajstić information content (AvgIpc) is 2.94. The van der Waals surface area contributed by atoms with Crippen LogP contribution in [0.1, 0.15) is 39.2 Å². The van der Waals surface area contributed by atoms with Gasteiger partial charge < -0.3 is 15.2 Å². The van der Waals surface area contributed by atoms with Gasteiger partial charge in [0.25, 0.3) is 0 Å². The Morgan fingerprint density at radius 3 is 2.73 bits per heavy atom. The summed E-state index contributed by atoms with van der Waals surface area (Å²) in [5, 5.41) is 3.57. The van der Waals surface area contributed by atoms with Crippen LogP contribution in [0.4, 0.5) is 0 Å². The second kappa shape index (κ2) is 9.37. The van der Waals surface area contributed by atoms with Crippen LogP contribution in [0.5, 0.6) is 11.5 Å². The lowest BCUT2D eigenvalue weighted by Crippen LogP contribution is -2.33. The number of ether oxygens (including phenoxy) is 2. The van der Waals surface area contributed by atoms with E-state index in [0.717, 1.165) is 24.5 Å². The molecule has 5 heteroatoms. The predicted molar refractivity (Wildman–Crippen MR) is 101 cm³/mol. The third-order valence-electron chi connectivity index (χ3n) is 3.24. The summed E-state index contributed by atoms with van der Waals surface area (Å²) >= 11 is 2.45. The van der Waals surface area contributed by atoms with Crippen LogP contribution in [0.3, 0.4) is 0 Å². The van der Waals surface area contributed by atoms with Crippen molar-refractivity contribution in [3.8, 4) is 11.5 Å². The molecule has 1 heterocycles. The summed E-state index contributed by atoms with van der Waals surface area (Å²) in [4.78, 5) is 0. The minimum Gasteiger partial charge on any atom is -0.454 e. The van der Waals surface area contributed by atoms with Crippen LogP contribution >= 0.6 is 22.6 Å². The molecule has 1 atom stereocenters. The Kier molecular flexibility index (Phi) is 8.20. The number of rotatable bonds is 6. The van der Waals surface area contributed by atoms with Gasteiger partial charge in [0.05, 0.1) is 3.55 Å². The SMILES string of the molecule is CCC/C(C)=C/C(C)(I)NCc1ccc2c(c1)OCO2.CN. The maximum atomic E-state index is 5.40. The largest absolute Gasteiger partial charge is 0.454 e. The Bertz CT molecular complexity index is 501. The lowest BCUT2D eigenvalue weighted by molar-refractivity contribution is 0.174. The van der Waals surface area contributed by atoms with Gasteiger partial charge in [-0.25, -0.2) is 0 Å². The van der Waals surface area contributed by atoms with E-state index in [1.165, 1.54) is 24.6 Å². The molecule has 1 aliphatic rings. The number of nitrogens with two attached hydrogens (primary N) is 1. The summed E-state index contributed by atoms with van der Waals surface area (Å²) in [6, 6.07) is 6.10. The van der Waals surface area contributed by atoms with Crippen LogP contribution in [0.2, 0.25) is 0 Å². The third-order valence-corrected chi connectivity index (χ3v) is 3.93. The molecule has 0 saturated carbocycles. The molecule has 0 aliphatic carbocycles. The molecule has 0 fully saturated rings. The van der Waals surface area contributed by atoms with Crippen molar-refractivity contribution in [2.75, 3.05) is 13.8 Å². The van der Waals surface area contributed by atoms with Gasteiger partial charge in [-0.2, -0.15) is 0 Å². The van der Waals surface area contributed by atoms with Crippen molar-refractivity contribution in [1.29, 1.82) is 0 Å². The number of hydrogen-bond donors (Lipinski definition) is 2. The molecule has 1 aliphatic heterocycles. The predicted octanol–water partition coefficient (Wildman–Crippen LogP) is 3.98. The van der Waals surface area contributed by atoms with Crippen molar-refractivity contribution in [3.63, 3.8) is 0 Å². The number of halogens is 1. The van der Waals surface area contributed by atoms with Gasteiger partial charge in [0.1, 0.15) is 0 Å². The molecule has 1 aromatic carbocycles. The van der Waals surface area contributed by atoms with E-state index in [1.54, 1.807) is 0 Å². The highest BCUT2D eigenvalue weighted by atomic mass is 127. The van der Waals surface area contributed by atoms with E-state index in [-0.39, 0.29) is 3.55 Å². The average molecular weight is 418 g/mol. The molecular weight excluding hydrogens is 391 g/mol. The van der Waals surface area contributed by atoms with Gasteiger partial charge in [-0.05, 0) is 45.0 Å². The quantitative estimate of drug-likeness (QED) is 0.318. The number of alkyl halides is 1. The van der Waals surface area contributed by atoms with E-state index in [2.05, 4.69) is 66.6 Å². The maximum absolute atomic E-state index is 5.40. The minimum absolute atomic E-state index is 0.0343. The Labute approximate surface area is 147 Å². The molecule has 2 rings (SSSR count). The first kappa shape index (κ1) is 19.3. The van der Waals surface area contributed by atoms with Gasteiger partial charge in [-0.3, -0.25) is 5.32 Å². The summed E-state index contributed by atoms with van der Waals surface area (Å²) in [5.41, 5.74) is 7.14. The first-order chi connectivity index (χ1) is 10.5. The first-order valence-electron chi connectivity index (χ1n) is 7.59. The highest BCUT2D eigenvalue weighted by molar-refractivity contribution is 14.1. The van der Waals surface area contributed by atoms with Crippen molar-refractivity contribution in [1.82, 2.24) is 5.32 Å². The van der Waals surface area contributed by atoms with Crippen LogP contribution in [-0.2, 0) is 6.54 Å². The molecule has 0 saturated heterocycles. The van der Waals surface area contributed by atoms with E-state index in [9.17, 15) is 0 Å². The van der Waals surface area contributed by atoms with E-state index < -0.39 is 0 Å². The van der Waals surface area contributed by atoms with Gasteiger partial charge >= 0.3 is 0 Å². The summed E-state index contributed by atoms with van der Waals surface area (Å²) in [6.45, 7) is 7.74. The first-order valence-corrected chi connectivity index (χ1v) is 8.66. The van der Waals surface area contributed by atoms with Crippen LogP contribution in [0.15, 0.2) is 29.8 Å². The van der Waals surface area contributed by atoms with Crippen molar-refractivity contribution in [2.45, 2.75) is 43.7 Å². The molecule has 0 bridgehead atoms. The molecule has 0 amide bonds. The van der Waals surface area contributed by atoms with E-state index in [0.29, 0.717) is 6.79 Å². The van der Waals surface area contributed by atoms with Gasteiger partial charge in [0.15, 0.2) is 11.5 Å². The van der Waals surface area contributed by atoms with E-state index in [4.69, 9.17) is 9.47 Å².